The molecule has 1 amide bonds. The van der Waals surface area contributed by atoms with Crippen molar-refractivity contribution in [3.8, 4) is 5.75 Å². The number of hydrogen-bond acceptors (Lipinski definition) is 3. The molecule has 0 saturated heterocycles. The van der Waals surface area contributed by atoms with Gasteiger partial charge in [0.15, 0.2) is 17.5 Å². The molecule has 2 aromatic carbocycles. The Hall–Kier alpha value is -2.54. The van der Waals surface area contributed by atoms with Gasteiger partial charge in [-0.3, -0.25) is 4.79 Å². The van der Waals surface area contributed by atoms with Crippen LogP contribution >= 0.6 is 0 Å². The Morgan fingerprint density at radius 2 is 1.83 bits per heavy atom. The highest BCUT2D eigenvalue weighted by Crippen LogP contribution is 2.23. The lowest BCUT2D eigenvalue weighted by Gasteiger charge is -2.18. The summed E-state index contributed by atoms with van der Waals surface area (Å²) in [5.41, 5.74) is 0.285. The molecule has 7 heteroatoms. The Morgan fingerprint density at radius 3 is 2.39 bits per heavy atom. The second kappa shape index (κ2) is 6.70. The molecule has 0 aromatic heterocycles. The molecule has 1 unspecified atom stereocenters. The maximum absolute atomic E-state index is 13.3. The number of phenolic OH excluding ortho intramolecular Hbond substituents is 1. The first-order valence-corrected chi connectivity index (χ1v) is 6.70. The fourth-order valence-electron chi connectivity index (χ4n) is 2.09. The van der Waals surface area contributed by atoms with Crippen molar-refractivity contribution in [3.63, 3.8) is 0 Å². The first kappa shape index (κ1) is 16.8. The van der Waals surface area contributed by atoms with Crippen LogP contribution in [0.2, 0.25) is 0 Å². The highest BCUT2D eigenvalue weighted by molar-refractivity contribution is 5.97. The Kier molecular flexibility index (Phi) is 4.90. The average Bonchev–Trinajstić information content (AvgIpc) is 2.52. The minimum atomic E-state index is -1.63. The van der Waals surface area contributed by atoms with Crippen molar-refractivity contribution in [1.82, 2.24) is 5.32 Å². The van der Waals surface area contributed by atoms with Gasteiger partial charge >= 0.3 is 0 Å². The fraction of sp³-hybridized carbons (Fsp3) is 0.188. The van der Waals surface area contributed by atoms with Crippen molar-refractivity contribution < 1.29 is 28.2 Å². The van der Waals surface area contributed by atoms with Crippen LogP contribution in [0.15, 0.2) is 30.3 Å². The summed E-state index contributed by atoms with van der Waals surface area (Å²) in [6.45, 7) is 0.934. The fourth-order valence-corrected chi connectivity index (χ4v) is 2.09. The van der Waals surface area contributed by atoms with E-state index in [4.69, 9.17) is 0 Å². The Labute approximate surface area is 130 Å². The summed E-state index contributed by atoms with van der Waals surface area (Å²) in [5.74, 6) is -5.46. The zero-order valence-electron chi connectivity index (χ0n) is 12.1. The molecule has 0 fully saturated rings. The second-order valence-electron chi connectivity index (χ2n) is 4.98. The maximum atomic E-state index is 13.3. The van der Waals surface area contributed by atoms with Crippen molar-refractivity contribution in [2.24, 2.45) is 0 Å². The van der Waals surface area contributed by atoms with Crippen LogP contribution < -0.4 is 5.32 Å². The van der Waals surface area contributed by atoms with E-state index in [1.165, 1.54) is 6.07 Å². The molecule has 2 rings (SSSR count). The molecule has 3 N–H and O–H groups in total. The number of halogens is 3. The number of carbonyl (C=O) groups excluding carboxylic acids is 1. The predicted molar refractivity (Wildman–Crippen MR) is 76.5 cm³/mol. The molecule has 2 aromatic rings. The van der Waals surface area contributed by atoms with Gasteiger partial charge in [-0.25, -0.2) is 13.2 Å². The van der Waals surface area contributed by atoms with Crippen LogP contribution in [0.1, 0.15) is 27.5 Å². The van der Waals surface area contributed by atoms with Gasteiger partial charge in [0.25, 0.3) is 5.91 Å². The van der Waals surface area contributed by atoms with E-state index >= 15 is 0 Å². The van der Waals surface area contributed by atoms with E-state index in [-0.39, 0.29) is 16.9 Å². The molecule has 0 spiro atoms. The van der Waals surface area contributed by atoms with Crippen molar-refractivity contribution in [1.29, 1.82) is 0 Å². The first-order chi connectivity index (χ1) is 10.8. The summed E-state index contributed by atoms with van der Waals surface area (Å²) < 4.78 is 39.5. The molecule has 0 aliphatic rings. The highest BCUT2D eigenvalue weighted by Gasteiger charge is 2.21. The molecular formula is C16H14F3NO3. The van der Waals surface area contributed by atoms with Crippen LogP contribution in [0, 0.1) is 24.4 Å². The van der Waals surface area contributed by atoms with Crippen LogP contribution in [-0.4, -0.2) is 22.7 Å². The van der Waals surface area contributed by atoms with E-state index in [1.807, 2.05) is 0 Å². The number of aliphatic hydroxyl groups is 1. The lowest BCUT2D eigenvalue weighted by atomic mass is 10.0. The molecule has 0 radical (unpaired) electrons. The number of benzene rings is 2. The Balaban J connectivity index is 2.29. The second-order valence-corrected chi connectivity index (χ2v) is 4.98. The number of aryl methyl sites for hydroxylation is 1. The summed E-state index contributed by atoms with van der Waals surface area (Å²) in [5, 5.41) is 21.5. The number of phenols is 1. The van der Waals surface area contributed by atoms with Gasteiger partial charge in [-0.2, -0.15) is 0 Å². The Morgan fingerprint density at radius 1 is 1.22 bits per heavy atom. The molecule has 23 heavy (non-hydrogen) atoms. The van der Waals surface area contributed by atoms with Gasteiger partial charge in [0.1, 0.15) is 5.75 Å². The molecular weight excluding hydrogens is 311 g/mol. The summed E-state index contributed by atoms with van der Waals surface area (Å²) >= 11 is 0. The normalized spacial score (nSPS) is 12.0. The van der Waals surface area contributed by atoms with Gasteiger partial charge in [-0.05, 0) is 36.2 Å². The van der Waals surface area contributed by atoms with Gasteiger partial charge < -0.3 is 15.5 Å². The molecule has 0 heterocycles. The minimum absolute atomic E-state index is 0.0495. The van der Waals surface area contributed by atoms with Crippen LogP contribution in [0.5, 0.6) is 5.75 Å². The molecule has 0 aliphatic carbocycles. The van der Waals surface area contributed by atoms with E-state index in [1.54, 1.807) is 19.1 Å². The van der Waals surface area contributed by atoms with Gasteiger partial charge in [0.2, 0.25) is 0 Å². The van der Waals surface area contributed by atoms with Crippen molar-refractivity contribution in [2.75, 3.05) is 6.61 Å². The highest BCUT2D eigenvalue weighted by atomic mass is 19.2. The monoisotopic (exact) mass is 325 g/mol. The van der Waals surface area contributed by atoms with Gasteiger partial charge in [0, 0.05) is 0 Å². The topological polar surface area (TPSA) is 69.6 Å². The molecule has 0 aliphatic heterocycles. The summed E-state index contributed by atoms with van der Waals surface area (Å²) in [6, 6.07) is 4.73. The number of nitrogens with one attached hydrogen (secondary N) is 1. The molecule has 4 nitrogen and oxygen atoms in total. The molecule has 0 saturated carbocycles. The lowest BCUT2D eigenvalue weighted by molar-refractivity contribution is 0.0913. The zero-order valence-corrected chi connectivity index (χ0v) is 12.1. The number of amides is 1. The van der Waals surface area contributed by atoms with E-state index in [0.717, 1.165) is 0 Å². The third-order valence-corrected chi connectivity index (χ3v) is 3.38. The van der Waals surface area contributed by atoms with Crippen LogP contribution in [-0.2, 0) is 0 Å². The zero-order chi connectivity index (χ0) is 17.1. The van der Waals surface area contributed by atoms with Crippen molar-refractivity contribution in [2.45, 2.75) is 13.0 Å². The number of para-hydroxylation sites is 1. The smallest absolute Gasteiger partial charge is 0.255 e. The average molecular weight is 325 g/mol. The SMILES string of the molecule is Cc1cccc(C(=O)NC(CO)c2cc(F)c(F)c(F)c2)c1O. The van der Waals surface area contributed by atoms with E-state index < -0.39 is 36.0 Å². The summed E-state index contributed by atoms with van der Waals surface area (Å²) in [6.07, 6.45) is 0. The number of carbonyl (C=O) groups is 1. The summed E-state index contributed by atoms with van der Waals surface area (Å²) in [4.78, 5) is 12.2. The van der Waals surface area contributed by atoms with Crippen LogP contribution in [0.25, 0.3) is 0 Å². The van der Waals surface area contributed by atoms with Gasteiger partial charge in [-0.15, -0.1) is 0 Å². The number of rotatable bonds is 4. The number of aromatic hydroxyl groups is 1. The number of hydrogen-bond donors (Lipinski definition) is 3. The maximum Gasteiger partial charge on any atom is 0.255 e. The largest absolute Gasteiger partial charge is 0.507 e. The van der Waals surface area contributed by atoms with Crippen LogP contribution in [0.4, 0.5) is 13.2 Å². The van der Waals surface area contributed by atoms with Crippen LogP contribution in [0.3, 0.4) is 0 Å². The standard InChI is InChI=1S/C16H14F3NO3/c1-8-3-2-4-10(15(8)22)16(23)20-13(7-21)9-5-11(17)14(19)12(18)6-9/h2-6,13,21-22H,7H2,1H3,(H,20,23). The van der Waals surface area contributed by atoms with Gasteiger partial charge in [-0.1, -0.05) is 12.1 Å². The van der Waals surface area contributed by atoms with E-state index in [0.29, 0.717) is 17.7 Å². The third-order valence-electron chi connectivity index (χ3n) is 3.38. The van der Waals surface area contributed by atoms with E-state index in [9.17, 15) is 28.2 Å². The molecule has 1 atom stereocenters. The molecule has 0 bridgehead atoms. The quantitative estimate of drug-likeness (QED) is 0.757. The summed E-state index contributed by atoms with van der Waals surface area (Å²) in [7, 11) is 0. The number of aliphatic hydroxyl groups excluding tert-OH is 1. The Bertz CT molecular complexity index is 726. The van der Waals surface area contributed by atoms with Crippen molar-refractivity contribution in [3.05, 3.63) is 64.5 Å². The van der Waals surface area contributed by atoms with E-state index in [2.05, 4.69) is 5.32 Å². The predicted octanol–water partition coefficient (Wildman–Crippen LogP) is 2.58. The van der Waals surface area contributed by atoms with Crippen molar-refractivity contribution >= 4 is 5.91 Å². The lowest BCUT2D eigenvalue weighted by Crippen LogP contribution is -2.31. The minimum Gasteiger partial charge on any atom is -0.507 e. The first-order valence-electron chi connectivity index (χ1n) is 6.70. The third kappa shape index (κ3) is 3.45. The van der Waals surface area contributed by atoms with Gasteiger partial charge in [0.05, 0.1) is 18.2 Å². The molecule has 122 valence electrons.